The summed E-state index contributed by atoms with van der Waals surface area (Å²) in [5, 5.41) is 3.76. The van der Waals surface area contributed by atoms with Crippen LogP contribution in [0.15, 0.2) is 124 Å². The molecule has 0 saturated carbocycles. The first-order chi connectivity index (χ1) is 19.7. The zero-order valence-corrected chi connectivity index (χ0v) is 23.5. The molecule has 5 nitrogen and oxygen atoms in total. The molecule has 0 N–H and O–H groups in total. The van der Waals surface area contributed by atoms with Gasteiger partial charge in [-0.25, -0.2) is 4.98 Å². The molecule has 0 unspecified atom stereocenters. The Morgan fingerprint density at radius 3 is 2.38 bits per heavy atom. The second kappa shape index (κ2) is 11.9. The highest BCUT2D eigenvalue weighted by Crippen LogP contribution is 2.39. The predicted octanol–water partition coefficient (Wildman–Crippen LogP) is 8.85. The zero-order chi connectivity index (χ0) is 27.3. The fraction of sp³-hybridized carbons (Fsp3) is 0.0312. The van der Waals surface area contributed by atoms with E-state index < -0.39 is 0 Å². The second-order valence-electron chi connectivity index (χ2n) is 8.78. The molecule has 5 aromatic rings. The first-order valence-corrected chi connectivity index (χ1v) is 14.6. The number of benzene rings is 4. The topological polar surface area (TPSA) is 54.8 Å². The smallest absolute Gasteiger partial charge is 0.271 e. The number of amides is 1. The van der Waals surface area contributed by atoms with E-state index >= 15 is 0 Å². The molecule has 8 heteroatoms. The van der Waals surface area contributed by atoms with Gasteiger partial charge in [0.25, 0.3) is 5.91 Å². The van der Waals surface area contributed by atoms with Crippen molar-refractivity contribution in [3.05, 3.63) is 136 Å². The molecule has 1 amide bonds. The number of hydrogen-bond donors (Lipinski definition) is 0. The van der Waals surface area contributed by atoms with Crippen LogP contribution in [0.4, 0.5) is 10.8 Å². The molecule has 1 fully saturated rings. The maximum absolute atomic E-state index is 13.8. The van der Waals surface area contributed by atoms with Gasteiger partial charge in [-0.05, 0) is 42.1 Å². The Morgan fingerprint density at radius 1 is 0.875 bits per heavy atom. The van der Waals surface area contributed by atoms with E-state index in [-0.39, 0.29) is 5.91 Å². The molecule has 0 aliphatic carbocycles. The van der Waals surface area contributed by atoms with Crippen molar-refractivity contribution in [2.45, 2.75) is 6.61 Å². The lowest BCUT2D eigenvalue weighted by molar-refractivity contribution is -0.113. The van der Waals surface area contributed by atoms with E-state index in [1.807, 2.05) is 121 Å². The SMILES string of the molecule is O=C1/C(=C/c2ccccc2OCc2ccccc2Cl)S/C(=N/c2nc(-c3ccccc3)cs2)N1c1ccccc1. The van der Waals surface area contributed by atoms with Crippen molar-refractivity contribution < 1.29 is 9.53 Å². The Bertz CT molecular complexity index is 1720. The number of amidine groups is 1. The Morgan fingerprint density at radius 2 is 1.57 bits per heavy atom. The number of ether oxygens (including phenoxy) is 1. The van der Waals surface area contributed by atoms with Gasteiger partial charge in [0.2, 0.25) is 5.13 Å². The van der Waals surface area contributed by atoms with E-state index in [0.717, 1.165) is 28.1 Å². The second-order valence-corrected chi connectivity index (χ2v) is 11.0. The Balaban J connectivity index is 1.32. The van der Waals surface area contributed by atoms with Crippen molar-refractivity contribution in [2.75, 3.05) is 4.90 Å². The highest BCUT2D eigenvalue weighted by Gasteiger charge is 2.35. The average Bonchev–Trinajstić information content (AvgIpc) is 3.58. The molecule has 6 rings (SSSR count). The normalized spacial score (nSPS) is 15.2. The molecule has 0 spiro atoms. The van der Waals surface area contributed by atoms with Crippen LogP contribution < -0.4 is 9.64 Å². The van der Waals surface area contributed by atoms with Crippen LogP contribution in [0.1, 0.15) is 11.1 Å². The van der Waals surface area contributed by atoms with E-state index in [1.165, 1.54) is 23.1 Å². The number of thiazole rings is 1. The van der Waals surface area contributed by atoms with Crippen LogP contribution in [-0.4, -0.2) is 16.1 Å². The summed E-state index contributed by atoms with van der Waals surface area (Å²) in [6.45, 7) is 0.317. The van der Waals surface area contributed by atoms with E-state index in [9.17, 15) is 4.79 Å². The van der Waals surface area contributed by atoms with Crippen molar-refractivity contribution >= 4 is 62.7 Å². The zero-order valence-electron chi connectivity index (χ0n) is 21.1. The maximum atomic E-state index is 13.8. The molecule has 196 valence electrons. The van der Waals surface area contributed by atoms with Crippen LogP contribution in [0.3, 0.4) is 0 Å². The number of thioether (sulfide) groups is 1. The summed E-state index contributed by atoms with van der Waals surface area (Å²) in [6.07, 6.45) is 1.85. The summed E-state index contributed by atoms with van der Waals surface area (Å²) in [7, 11) is 0. The van der Waals surface area contributed by atoms with Gasteiger partial charge in [0, 0.05) is 27.1 Å². The first kappa shape index (κ1) is 26.1. The summed E-state index contributed by atoms with van der Waals surface area (Å²) in [5.74, 6) is 0.503. The Labute approximate surface area is 245 Å². The van der Waals surface area contributed by atoms with Crippen molar-refractivity contribution in [1.82, 2.24) is 4.98 Å². The number of hydrogen-bond acceptors (Lipinski definition) is 6. The Hall–Kier alpha value is -4.17. The molecule has 1 aliphatic heterocycles. The van der Waals surface area contributed by atoms with Gasteiger partial charge in [-0.1, -0.05) is 96.5 Å². The lowest BCUT2D eigenvalue weighted by Crippen LogP contribution is -2.28. The third-order valence-corrected chi connectivity index (χ3v) is 8.19. The minimum atomic E-state index is -0.157. The summed E-state index contributed by atoms with van der Waals surface area (Å²) >= 11 is 9.08. The average molecular weight is 580 g/mol. The van der Waals surface area contributed by atoms with Gasteiger partial charge in [0.15, 0.2) is 5.17 Å². The summed E-state index contributed by atoms with van der Waals surface area (Å²) in [4.78, 5) is 25.5. The summed E-state index contributed by atoms with van der Waals surface area (Å²) in [5.41, 5.74) is 4.30. The van der Waals surface area contributed by atoms with Crippen molar-refractivity contribution in [3.8, 4) is 17.0 Å². The van der Waals surface area contributed by atoms with E-state index in [0.29, 0.717) is 32.6 Å². The monoisotopic (exact) mass is 579 g/mol. The number of nitrogens with zero attached hydrogens (tertiary/aromatic N) is 3. The van der Waals surface area contributed by atoms with Gasteiger partial charge in [0.05, 0.1) is 16.3 Å². The molecule has 1 aromatic heterocycles. The molecule has 1 saturated heterocycles. The van der Waals surface area contributed by atoms with Gasteiger partial charge in [0.1, 0.15) is 12.4 Å². The van der Waals surface area contributed by atoms with E-state index in [2.05, 4.69) is 0 Å². The largest absolute Gasteiger partial charge is 0.488 e. The number of carbonyl (C=O) groups is 1. The molecule has 40 heavy (non-hydrogen) atoms. The fourth-order valence-electron chi connectivity index (χ4n) is 4.14. The Kier molecular flexibility index (Phi) is 7.77. The predicted molar refractivity (Wildman–Crippen MR) is 166 cm³/mol. The van der Waals surface area contributed by atoms with Crippen LogP contribution in [-0.2, 0) is 11.4 Å². The molecule has 1 aliphatic rings. The highest BCUT2D eigenvalue weighted by atomic mass is 35.5. The number of carbonyl (C=O) groups excluding carboxylic acids is 1. The molecular formula is C32H22ClN3O2S2. The van der Waals surface area contributed by atoms with Crippen molar-refractivity contribution in [2.24, 2.45) is 4.99 Å². The number of rotatable bonds is 7. The molecule has 2 heterocycles. The fourth-order valence-corrected chi connectivity index (χ4v) is 6.05. The number of halogens is 1. The number of aliphatic imine (C=N–C) groups is 1. The quantitative estimate of drug-likeness (QED) is 0.181. The van der Waals surface area contributed by atoms with E-state index in [4.69, 9.17) is 26.3 Å². The molecular weight excluding hydrogens is 558 g/mol. The highest BCUT2D eigenvalue weighted by molar-refractivity contribution is 8.19. The van der Waals surface area contributed by atoms with Gasteiger partial charge in [-0.3, -0.25) is 9.69 Å². The van der Waals surface area contributed by atoms with Crippen molar-refractivity contribution in [3.63, 3.8) is 0 Å². The first-order valence-electron chi connectivity index (χ1n) is 12.5. The molecule has 0 radical (unpaired) electrons. The number of anilines is 1. The third-order valence-electron chi connectivity index (χ3n) is 6.12. The van der Waals surface area contributed by atoms with Crippen LogP contribution >= 0.6 is 34.7 Å². The number of para-hydroxylation sites is 2. The minimum Gasteiger partial charge on any atom is -0.488 e. The third kappa shape index (κ3) is 5.72. The molecule has 0 atom stereocenters. The van der Waals surface area contributed by atoms with Gasteiger partial charge in [-0.15, -0.1) is 11.3 Å². The minimum absolute atomic E-state index is 0.157. The van der Waals surface area contributed by atoms with Gasteiger partial charge >= 0.3 is 0 Å². The standard InChI is InChI=1S/C32H22ClN3O2S2/c33-26-17-9-7-14-24(26)20-38-28-18-10-8-13-23(28)19-29-30(37)36(25-15-5-2-6-16-25)32(40-29)35-31-34-27(21-39-31)22-11-3-1-4-12-22/h1-19,21H,20H2/b29-19-,35-32+. The summed E-state index contributed by atoms with van der Waals surface area (Å²) < 4.78 is 6.13. The van der Waals surface area contributed by atoms with Crippen LogP contribution in [0.5, 0.6) is 5.75 Å². The maximum Gasteiger partial charge on any atom is 0.271 e. The van der Waals surface area contributed by atoms with Crippen LogP contribution in [0.2, 0.25) is 5.02 Å². The lowest BCUT2D eigenvalue weighted by atomic mass is 10.1. The summed E-state index contributed by atoms with van der Waals surface area (Å²) in [6, 6.07) is 34.7. The van der Waals surface area contributed by atoms with Crippen LogP contribution in [0, 0.1) is 0 Å². The lowest BCUT2D eigenvalue weighted by Gasteiger charge is -2.15. The van der Waals surface area contributed by atoms with Crippen molar-refractivity contribution in [1.29, 1.82) is 0 Å². The number of aromatic nitrogens is 1. The van der Waals surface area contributed by atoms with Gasteiger partial charge in [-0.2, -0.15) is 4.99 Å². The molecule has 0 bridgehead atoms. The molecule has 4 aromatic carbocycles. The van der Waals surface area contributed by atoms with E-state index in [1.54, 1.807) is 4.90 Å². The van der Waals surface area contributed by atoms with Gasteiger partial charge < -0.3 is 4.74 Å². The van der Waals surface area contributed by atoms with Crippen LogP contribution in [0.25, 0.3) is 17.3 Å².